The van der Waals surface area contributed by atoms with Crippen LogP contribution in [0.15, 0.2) is 45.5 Å². The number of nitrogens with zero attached hydrogens (tertiary/aromatic N) is 3. The molecule has 0 aliphatic carbocycles. The first-order valence-electron chi connectivity index (χ1n) is 8.20. The normalized spacial score (nSPS) is 11.9. The van der Waals surface area contributed by atoms with Crippen molar-refractivity contribution in [2.45, 2.75) is 36.9 Å². The highest BCUT2D eigenvalue weighted by atomic mass is 32.2. The molecular formula is C17H19N3O3S2. The lowest BCUT2D eigenvalue weighted by molar-refractivity contribution is 0.586. The zero-order valence-corrected chi connectivity index (χ0v) is 15.5. The van der Waals surface area contributed by atoms with E-state index in [1.54, 1.807) is 0 Å². The minimum atomic E-state index is -3.47. The highest BCUT2D eigenvalue weighted by Crippen LogP contribution is 2.24. The van der Waals surface area contributed by atoms with E-state index in [1.807, 2.05) is 30.3 Å². The van der Waals surface area contributed by atoms with Crippen molar-refractivity contribution in [2.24, 2.45) is 0 Å². The van der Waals surface area contributed by atoms with Crippen LogP contribution in [0.5, 0.6) is 0 Å². The van der Waals surface area contributed by atoms with Crippen LogP contribution >= 0.6 is 11.3 Å². The molecule has 6 nitrogen and oxygen atoms in total. The SMILES string of the molecule is CCCCCCS(=O)(=O)c1nn2c(-c3ccccc3)cc(=O)nc2s1. The van der Waals surface area contributed by atoms with Crippen molar-refractivity contribution in [1.82, 2.24) is 14.6 Å². The monoisotopic (exact) mass is 377 g/mol. The van der Waals surface area contributed by atoms with Crippen molar-refractivity contribution < 1.29 is 8.42 Å². The number of hydrogen-bond donors (Lipinski definition) is 0. The number of sulfone groups is 1. The van der Waals surface area contributed by atoms with Gasteiger partial charge in [-0.05, 0) is 6.42 Å². The maximum atomic E-state index is 12.5. The molecule has 0 fully saturated rings. The van der Waals surface area contributed by atoms with E-state index in [4.69, 9.17) is 0 Å². The van der Waals surface area contributed by atoms with Gasteiger partial charge in [-0.1, -0.05) is 67.9 Å². The van der Waals surface area contributed by atoms with E-state index in [1.165, 1.54) is 10.6 Å². The van der Waals surface area contributed by atoms with Crippen molar-refractivity contribution in [1.29, 1.82) is 0 Å². The van der Waals surface area contributed by atoms with Gasteiger partial charge in [0.15, 0.2) is 0 Å². The summed E-state index contributed by atoms with van der Waals surface area (Å²) in [5, 5.41) is 4.25. The average molecular weight is 377 g/mol. The Labute approximate surface area is 150 Å². The summed E-state index contributed by atoms with van der Waals surface area (Å²) in [6.45, 7) is 2.08. The molecule has 0 atom stereocenters. The highest BCUT2D eigenvalue weighted by molar-refractivity contribution is 7.93. The van der Waals surface area contributed by atoms with Gasteiger partial charge in [-0.15, -0.1) is 5.10 Å². The Balaban J connectivity index is 2.01. The van der Waals surface area contributed by atoms with Crippen molar-refractivity contribution in [3.63, 3.8) is 0 Å². The van der Waals surface area contributed by atoms with Gasteiger partial charge in [-0.2, -0.15) is 4.98 Å². The van der Waals surface area contributed by atoms with Crippen LogP contribution in [-0.2, 0) is 9.84 Å². The molecule has 0 spiro atoms. The molecule has 0 saturated heterocycles. The number of unbranched alkanes of at least 4 members (excludes halogenated alkanes) is 3. The third kappa shape index (κ3) is 3.96. The van der Waals surface area contributed by atoms with Crippen LogP contribution < -0.4 is 5.56 Å². The average Bonchev–Trinajstić information content (AvgIpc) is 3.03. The fourth-order valence-electron chi connectivity index (χ4n) is 2.54. The van der Waals surface area contributed by atoms with Gasteiger partial charge in [0.2, 0.25) is 19.1 Å². The summed E-state index contributed by atoms with van der Waals surface area (Å²) in [6.07, 6.45) is 3.56. The third-order valence-corrected chi connectivity index (χ3v) is 6.99. The molecule has 0 N–H and O–H groups in total. The maximum Gasteiger partial charge on any atom is 0.274 e. The van der Waals surface area contributed by atoms with Crippen molar-refractivity contribution in [3.05, 3.63) is 46.8 Å². The number of hydrogen-bond acceptors (Lipinski definition) is 6. The minimum absolute atomic E-state index is 0.0132. The van der Waals surface area contributed by atoms with E-state index in [0.29, 0.717) is 17.1 Å². The Morgan fingerprint density at radius 2 is 1.88 bits per heavy atom. The predicted octanol–water partition coefficient (Wildman–Crippen LogP) is 3.17. The van der Waals surface area contributed by atoms with E-state index in [-0.39, 0.29) is 10.1 Å². The van der Waals surface area contributed by atoms with Crippen molar-refractivity contribution in [3.8, 4) is 11.3 Å². The van der Waals surface area contributed by atoms with E-state index in [9.17, 15) is 13.2 Å². The summed E-state index contributed by atoms with van der Waals surface area (Å²) in [7, 11) is -3.47. The van der Waals surface area contributed by atoms with Crippen LogP contribution in [0, 0.1) is 0 Å². The molecule has 2 heterocycles. The van der Waals surface area contributed by atoms with Gasteiger partial charge in [0.25, 0.3) is 5.56 Å². The number of rotatable bonds is 7. The van der Waals surface area contributed by atoms with Crippen LogP contribution in [0.2, 0.25) is 0 Å². The molecule has 25 heavy (non-hydrogen) atoms. The summed E-state index contributed by atoms with van der Waals surface area (Å²) < 4.78 is 26.5. The molecule has 0 amide bonds. The molecule has 8 heteroatoms. The smallest absolute Gasteiger partial charge is 0.267 e. The van der Waals surface area contributed by atoms with Gasteiger partial charge in [-0.3, -0.25) is 4.79 Å². The maximum absolute atomic E-state index is 12.5. The summed E-state index contributed by atoms with van der Waals surface area (Å²) in [5.74, 6) is 0.0677. The van der Waals surface area contributed by atoms with Crippen LogP contribution in [-0.4, -0.2) is 28.8 Å². The Morgan fingerprint density at radius 3 is 2.60 bits per heavy atom. The second kappa shape index (κ2) is 7.45. The van der Waals surface area contributed by atoms with Crippen LogP contribution in [0.1, 0.15) is 32.6 Å². The zero-order chi connectivity index (χ0) is 17.9. The molecule has 0 bridgehead atoms. The van der Waals surface area contributed by atoms with E-state index >= 15 is 0 Å². The number of aromatic nitrogens is 3. The molecule has 0 aliphatic rings. The Hall–Kier alpha value is -2.06. The topological polar surface area (TPSA) is 81.4 Å². The Kier molecular flexibility index (Phi) is 5.29. The zero-order valence-electron chi connectivity index (χ0n) is 13.9. The fraction of sp³-hybridized carbons (Fsp3) is 0.353. The molecule has 0 unspecified atom stereocenters. The predicted molar refractivity (Wildman–Crippen MR) is 98.8 cm³/mol. The van der Waals surface area contributed by atoms with Gasteiger partial charge >= 0.3 is 0 Å². The molecule has 0 aliphatic heterocycles. The quantitative estimate of drug-likeness (QED) is 0.591. The summed E-state index contributed by atoms with van der Waals surface area (Å²) in [4.78, 5) is 16.1. The molecule has 3 rings (SSSR count). The standard InChI is InChI=1S/C17H19N3O3S2/c1-2-3-4-8-11-25(22,23)17-19-20-14(13-9-6-5-7-10-13)12-15(21)18-16(20)24-17/h5-7,9-10,12H,2-4,8,11H2,1H3. The molecule has 2 aromatic heterocycles. The molecule has 3 aromatic rings. The lowest BCUT2D eigenvalue weighted by Gasteiger charge is -2.02. The largest absolute Gasteiger partial charge is 0.274 e. The van der Waals surface area contributed by atoms with E-state index in [0.717, 1.165) is 36.2 Å². The molecule has 132 valence electrons. The first-order valence-corrected chi connectivity index (χ1v) is 10.7. The van der Waals surface area contributed by atoms with Gasteiger partial charge in [0, 0.05) is 11.6 Å². The minimum Gasteiger partial charge on any atom is -0.267 e. The summed E-state index contributed by atoms with van der Waals surface area (Å²) >= 11 is 0.944. The molecule has 1 aromatic carbocycles. The third-order valence-electron chi connectivity index (χ3n) is 3.84. The lowest BCUT2D eigenvalue weighted by atomic mass is 10.1. The first kappa shape index (κ1) is 17.8. The molecular weight excluding hydrogens is 358 g/mol. The molecule has 0 radical (unpaired) electrons. The Morgan fingerprint density at radius 1 is 1.12 bits per heavy atom. The van der Waals surface area contributed by atoms with Crippen LogP contribution in [0.25, 0.3) is 16.2 Å². The Bertz CT molecular complexity index is 1020. The van der Waals surface area contributed by atoms with Crippen molar-refractivity contribution in [2.75, 3.05) is 5.75 Å². The first-order chi connectivity index (χ1) is 12.0. The van der Waals surface area contributed by atoms with Gasteiger partial charge < -0.3 is 0 Å². The summed E-state index contributed by atoms with van der Waals surface area (Å²) in [5.41, 5.74) is 0.919. The van der Waals surface area contributed by atoms with Crippen LogP contribution in [0.3, 0.4) is 0 Å². The lowest BCUT2D eigenvalue weighted by Crippen LogP contribution is -2.10. The van der Waals surface area contributed by atoms with E-state index < -0.39 is 15.4 Å². The molecule has 0 saturated carbocycles. The second-order valence-corrected chi connectivity index (χ2v) is 9.03. The van der Waals surface area contributed by atoms with Crippen molar-refractivity contribution >= 4 is 26.1 Å². The van der Waals surface area contributed by atoms with E-state index in [2.05, 4.69) is 17.0 Å². The number of fused-ring (bicyclic) bond motifs is 1. The highest BCUT2D eigenvalue weighted by Gasteiger charge is 2.21. The summed E-state index contributed by atoms with van der Waals surface area (Å²) in [6, 6.07) is 10.6. The van der Waals surface area contributed by atoms with Gasteiger partial charge in [0.1, 0.15) is 0 Å². The second-order valence-electron chi connectivity index (χ2n) is 5.79. The van der Waals surface area contributed by atoms with Gasteiger partial charge in [0.05, 0.1) is 11.4 Å². The fourth-order valence-corrected chi connectivity index (χ4v) is 5.13. The number of benzene rings is 1. The van der Waals surface area contributed by atoms with Crippen LogP contribution in [0.4, 0.5) is 0 Å². The van der Waals surface area contributed by atoms with Gasteiger partial charge in [-0.25, -0.2) is 12.9 Å².